The van der Waals surface area contributed by atoms with Crippen LogP contribution in [0.15, 0.2) is 30.3 Å². The molecular formula is C15H23ClN2O. The standard InChI is InChI=1S/C15H23ClN2O/c16-7-9-18-12-10-17(11-13-18)8-4-14-19-15-5-2-1-3-6-15/h1-3,5-6H,4,7-14H2. The number of rotatable bonds is 7. The minimum Gasteiger partial charge on any atom is -0.494 e. The molecule has 1 aliphatic heterocycles. The van der Waals surface area contributed by atoms with Crippen molar-refractivity contribution in [2.45, 2.75) is 6.42 Å². The van der Waals surface area contributed by atoms with Crippen LogP contribution in [0.4, 0.5) is 0 Å². The van der Waals surface area contributed by atoms with E-state index in [0.717, 1.165) is 63.9 Å². The maximum atomic E-state index is 5.76. The molecule has 0 unspecified atom stereocenters. The molecule has 0 bridgehead atoms. The number of benzene rings is 1. The Kier molecular flexibility index (Phi) is 6.48. The molecule has 0 saturated carbocycles. The van der Waals surface area contributed by atoms with E-state index in [1.807, 2.05) is 30.3 Å². The molecular weight excluding hydrogens is 260 g/mol. The van der Waals surface area contributed by atoms with Gasteiger partial charge in [-0.05, 0) is 18.6 Å². The number of hydrogen-bond acceptors (Lipinski definition) is 3. The van der Waals surface area contributed by atoms with Crippen molar-refractivity contribution in [2.75, 3.05) is 51.8 Å². The third-order valence-corrected chi connectivity index (χ3v) is 3.67. The lowest BCUT2D eigenvalue weighted by molar-refractivity contribution is 0.131. The fraction of sp³-hybridized carbons (Fsp3) is 0.600. The molecule has 4 heteroatoms. The lowest BCUT2D eigenvalue weighted by Gasteiger charge is -2.34. The second-order valence-electron chi connectivity index (χ2n) is 4.89. The SMILES string of the molecule is ClCCN1CCN(CCCOc2ccccc2)CC1. The number of halogens is 1. The van der Waals surface area contributed by atoms with E-state index < -0.39 is 0 Å². The molecule has 1 aromatic carbocycles. The molecule has 1 fully saturated rings. The number of hydrogen-bond donors (Lipinski definition) is 0. The minimum atomic E-state index is 0.741. The van der Waals surface area contributed by atoms with Gasteiger partial charge in [0, 0.05) is 45.1 Å². The van der Waals surface area contributed by atoms with Gasteiger partial charge in [-0.15, -0.1) is 11.6 Å². The normalized spacial score (nSPS) is 17.5. The lowest BCUT2D eigenvalue weighted by atomic mass is 10.3. The van der Waals surface area contributed by atoms with Gasteiger partial charge in [0.05, 0.1) is 6.61 Å². The first-order valence-corrected chi connectivity index (χ1v) is 7.60. The molecule has 0 aromatic heterocycles. The minimum absolute atomic E-state index is 0.741. The van der Waals surface area contributed by atoms with Gasteiger partial charge in [0.25, 0.3) is 0 Å². The van der Waals surface area contributed by atoms with Crippen molar-refractivity contribution in [2.24, 2.45) is 0 Å². The molecule has 0 atom stereocenters. The zero-order valence-corrected chi connectivity index (χ0v) is 12.2. The van der Waals surface area contributed by atoms with Crippen LogP contribution in [0.5, 0.6) is 5.75 Å². The van der Waals surface area contributed by atoms with E-state index >= 15 is 0 Å². The molecule has 2 rings (SSSR count). The van der Waals surface area contributed by atoms with Gasteiger partial charge in [-0.3, -0.25) is 4.90 Å². The highest BCUT2D eigenvalue weighted by Gasteiger charge is 2.15. The summed E-state index contributed by atoms with van der Waals surface area (Å²) in [4.78, 5) is 4.95. The van der Waals surface area contributed by atoms with Crippen molar-refractivity contribution in [3.8, 4) is 5.75 Å². The Bertz CT molecular complexity index is 339. The Morgan fingerprint density at radius 3 is 2.21 bits per heavy atom. The van der Waals surface area contributed by atoms with E-state index in [-0.39, 0.29) is 0 Å². The fourth-order valence-corrected chi connectivity index (χ4v) is 2.59. The molecule has 0 aliphatic carbocycles. The van der Waals surface area contributed by atoms with Crippen molar-refractivity contribution in [1.29, 1.82) is 0 Å². The van der Waals surface area contributed by atoms with Crippen molar-refractivity contribution < 1.29 is 4.74 Å². The first kappa shape index (κ1) is 14.6. The predicted molar refractivity (Wildman–Crippen MR) is 80.2 cm³/mol. The Hall–Kier alpha value is -0.770. The van der Waals surface area contributed by atoms with Crippen LogP contribution in [0.2, 0.25) is 0 Å². The van der Waals surface area contributed by atoms with Crippen molar-refractivity contribution in [3.05, 3.63) is 30.3 Å². The summed E-state index contributed by atoms with van der Waals surface area (Å²) in [5.74, 6) is 1.71. The first-order valence-electron chi connectivity index (χ1n) is 7.07. The maximum Gasteiger partial charge on any atom is 0.119 e. The fourth-order valence-electron chi connectivity index (χ4n) is 2.35. The first-order chi connectivity index (χ1) is 9.38. The highest BCUT2D eigenvalue weighted by Crippen LogP contribution is 2.09. The van der Waals surface area contributed by atoms with Gasteiger partial charge in [0.1, 0.15) is 5.75 Å². The Balaban J connectivity index is 1.55. The van der Waals surface area contributed by atoms with Gasteiger partial charge >= 0.3 is 0 Å². The zero-order valence-electron chi connectivity index (χ0n) is 11.4. The number of ether oxygens (including phenoxy) is 1. The Labute approximate surface area is 121 Å². The van der Waals surface area contributed by atoms with Crippen LogP contribution in [0.25, 0.3) is 0 Å². The van der Waals surface area contributed by atoms with Gasteiger partial charge in [-0.1, -0.05) is 18.2 Å². The number of piperazine rings is 1. The van der Waals surface area contributed by atoms with Gasteiger partial charge in [0.15, 0.2) is 0 Å². The smallest absolute Gasteiger partial charge is 0.119 e. The maximum absolute atomic E-state index is 5.76. The molecule has 0 N–H and O–H groups in total. The molecule has 0 spiro atoms. The summed E-state index contributed by atoms with van der Waals surface area (Å²) in [6.07, 6.45) is 1.09. The highest BCUT2D eigenvalue weighted by atomic mass is 35.5. The summed E-state index contributed by atoms with van der Waals surface area (Å²) in [7, 11) is 0. The topological polar surface area (TPSA) is 15.7 Å². The molecule has 3 nitrogen and oxygen atoms in total. The molecule has 1 saturated heterocycles. The van der Waals surface area contributed by atoms with Crippen LogP contribution in [0.3, 0.4) is 0 Å². The predicted octanol–water partition coefficient (Wildman–Crippen LogP) is 2.31. The van der Waals surface area contributed by atoms with Gasteiger partial charge in [-0.25, -0.2) is 0 Å². The number of para-hydroxylation sites is 1. The van der Waals surface area contributed by atoms with Gasteiger partial charge < -0.3 is 9.64 Å². The van der Waals surface area contributed by atoms with E-state index in [1.54, 1.807) is 0 Å². The summed E-state index contributed by atoms with van der Waals surface area (Å²) in [5.41, 5.74) is 0. The summed E-state index contributed by atoms with van der Waals surface area (Å²) < 4.78 is 5.70. The summed E-state index contributed by atoms with van der Waals surface area (Å²) in [5, 5.41) is 0. The molecule has 0 radical (unpaired) electrons. The van der Waals surface area contributed by atoms with Crippen LogP contribution >= 0.6 is 11.6 Å². The van der Waals surface area contributed by atoms with Crippen LogP contribution in [-0.2, 0) is 0 Å². The lowest BCUT2D eigenvalue weighted by Crippen LogP contribution is -2.47. The molecule has 1 heterocycles. The van der Waals surface area contributed by atoms with E-state index in [4.69, 9.17) is 16.3 Å². The Morgan fingerprint density at radius 1 is 0.947 bits per heavy atom. The van der Waals surface area contributed by atoms with E-state index in [0.29, 0.717) is 0 Å². The Morgan fingerprint density at radius 2 is 1.58 bits per heavy atom. The second kappa shape index (κ2) is 8.41. The zero-order chi connectivity index (χ0) is 13.3. The average Bonchev–Trinajstić information content (AvgIpc) is 2.47. The van der Waals surface area contributed by atoms with E-state index in [9.17, 15) is 0 Å². The second-order valence-corrected chi connectivity index (χ2v) is 5.27. The van der Waals surface area contributed by atoms with Crippen molar-refractivity contribution in [1.82, 2.24) is 9.80 Å². The molecule has 19 heavy (non-hydrogen) atoms. The molecule has 106 valence electrons. The largest absolute Gasteiger partial charge is 0.494 e. The van der Waals surface area contributed by atoms with Crippen molar-refractivity contribution >= 4 is 11.6 Å². The van der Waals surface area contributed by atoms with Gasteiger partial charge in [0.2, 0.25) is 0 Å². The molecule has 0 amide bonds. The quantitative estimate of drug-likeness (QED) is 0.564. The van der Waals surface area contributed by atoms with Crippen LogP contribution in [0.1, 0.15) is 6.42 Å². The van der Waals surface area contributed by atoms with Crippen molar-refractivity contribution in [3.63, 3.8) is 0 Å². The molecule has 1 aromatic rings. The molecule has 1 aliphatic rings. The summed E-state index contributed by atoms with van der Waals surface area (Å²) in [6.45, 7) is 7.54. The monoisotopic (exact) mass is 282 g/mol. The summed E-state index contributed by atoms with van der Waals surface area (Å²) in [6, 6.07) is 10.0. The third kappa shape index (κ3) is 5.39. The highest BCUT2D eigenvalue weighted by molar-refractivity contribution is 6.18. The third-order valence-electron chi connectivity index (χ3n) is 3.50. The average molecular weight is 283 g/mol. The number of nitrogens with zero attached hydrogens (tertiary/aromatic N) is 2. The summed E-state index contributed by atoms with van der Waals surface area (Å²) >= 11 is 5.76. The van der Waals surface area contributed by atoms with E-state index in [1.165, 1.54) is 0 Å². The van der Waals surface area contributed by atoms with Crippen LogP contribution in [-0.4, -0.2) is 61.6 Å². The van der Waals surface area contributed by atoms with Crippen LogP contribution < -0.4 is 4.74 Å². The van der Waals surface area contributed by atoms with E-state index in [2.05, 4.69) is 9.80 Å². The van der Waals surface area contributed by atoms with Gasteiger partial charge in [-0.2, -0.15) is 0 Å². The van der Waals surface area contributed by atoms with Crippen LogP contribution in [0, 0.1) is 0 Å². The number of alkyl halides is 1.